The van der Waals surface area contributed by atoms with Gasteiger partial charge in [0.25, 0.3) is 0 Å². The number of allylic oxidation sites excluding steroid dienone is 3. The SMILES string of the molecule is C[C@H](CCC(=O)NCC(O)O)[C@H]1CC[C@H]2[C@@H]3[C@H](O)C[C@@H]4C[C@H](O)C=C[C@]4(C)[C@H]3C=C[C@]12C. The molecule has 5 N–H and O–H groups in total. The molecule has 0 unspecified atom stereocenters. The molecule has 0 aromatic heterocycles. The van der Waals surface area contributed by atoms with Gasteiger partial charge in [0, 0.05) is 6.42 Å². The molecule has 0 bridgehead atoms. The average Bonchev–Trinajstić information content (AvgIpc) is 3.09. The molecule has 6 nitrogen and oxygen atoms in total. The number of carbonyl (C=O) groups is 1. The van der Waals surface area contributed by atoms with E-state index < -0.39 is 12.4 Å². The maximum Gasteiger partial charge on any atom is 0.220 e. The van der Waals surface area contributed by atoms with Crippen molar-refractivity contribution in [1.29, 1.82) is 0 Å². The summed E-state index contributed by atoms with van der Waals surface area (Å²) in [6.07, 6.45) is 11.6. The molecule has 0 aliphatic heterocycles. The van der Waals surface area contributed by atoms with Crippen molar-refractivity contribution in [2.45, 2.75) is 77.8 Å². The summed E-state index contributed by atoms with van der Waals surface area (Å²) in [5, 5.41) is 41.8. The van der Waals surface area contributed by atoms with Crippen molar-refractivity contribution in [3.63, 3.8) is 0 Å². The van der Waals surface area contributed by atoms with Crippen LogP contribution in [0.4, 0.5) is 0 Å². The Balaban J connectivity index is 1.49. The molecule has 2 fully saturated rings. The van der Waals surface area contributed by atoms with Crippen LogP contribution in [0.2, 0.25) is 0 Å². The van der Waals surface area contributed by atoms with Gasteiger partial charge in [0.2, 0.25) is 5.91 Å². The van der Waals surface area contributed by atoms with Crippen LogP contribution in [0.25, 0.3) is 0 Å². The number of aliphatic hydroxyl groups is 4. The van der Waals surface area contributed by atoms with E-state index in [9.17, 15) is 15.0 Å². The highest BCUT2D eigenvalue weighted by atomic mass is 16.5. The molecule has 4 rings (SSSR count). The van der Waals surface area contributed by atoms with Gasteiger partial charge in [-0.05, 0) is 78.4 Å². The van der Waals surface area contributed by atoms with E-state index in [0.29, 0.717) is 36.0 Å². The number of rotatable bonds is 6. The lowest BCUT2D eigenvalue weighted by Gasteiger charge is -2.58. The third-order valence-corrected chi connectivity index (χ3v) is 9.70. The van der Waals surface area contributed by atoms with E-state index >= 15 is 0 Å². The Morgan fingerprint density at radius 3 is 2.53 bits per heavy atom. The molecule has 0 radical (unpaired) electrons. The van der Waals surface area contributed by atoms with E-state index in [4.69, 9.17) is 10.2 Å². The number of nitrogens with one attached hydrogen (secondary N) is 1. The Morgan fingerprint density at radius 2 is 1.81 bits per heavy atom. The van der Waals surface area contributed by atoms with E-state index in [2.05, 4.69) is 44.3 Å². The first-order valence-electron chi connectivity index (χ1n) is 12.4. The second-order valence-corrected chi connectivity index (χ2v) is 11.4. The molecule has 0 aromatic carbocycles. The zero-order valence-corrected chi connectivity index (χ0v) is 19.7. The molecule has 0 heterocycles. The molecular weight excluding hydrogens is 406 g/mol. The Bertz CT molecular complexity index is 765. The maximum absolute atomic E-state index is 12.0. The van der Waals surface area contributed by atoms with Gasteiger partial charge in [-0.15, -0.1) is 0 Å². The molecule has 4 aliphatic rings. The van der Waals surface area contributed by atoms with Crippen molar-refractivity contribution in [1.82, 2.24) is 5.32 Å². The van der Waals surface area contributed by atoms with E-state index in [1.54, 1.807) is 0 Å². The van der Waals surface area contributed by atoms with Crippen molar-refractivity contribution >= 4 is 5.91 Å². The molecule has 0 aromatic rings. The van der Waals surface area contributed by atoms with Gasteiger partial charge in [0.05, 0.1) is 18.8 Å². The van der Waals surface area contributed by atoms with Crippen LogP contribution >= 0.6 is 0 Å². The third-order valence-electron chi connectivity index (χ3n) is 9.70. The topological polar surface area (TPSA) is 110 Å². The first-order chi connectivity index (χ1) is 15.1. The number of hydrogen-bond donors (Lipinski definition) is 5. The molecule has 2 saturated carbocycles. The van der Waals surface area contributed by atoms with Gasteiger partial charge < -0.3 is 25.7 Å². The fraction of sp³-hybridized carbons (Fsp3) is 0.808. The first-order valence-corrected chi connectivity index (χ1v) is 12.4. The summed E-state index contributed by atoms with van der Waals surface area (Å²) in [5.41, 5.74) is 0.000440. The van der Waals surface area contributed by atoms with Crippen LogP contribution < -0.4 is 5.32 Å². The second kappa shape index (κ2) is 8.86. The summed E-state index contributed by atoms with van der Waals surface area (Å²) >= 11 is 0. The fourth-order valence-electron chi connectivity index (χ4n) is 7.94. The molecule has 0 spiro atoms. The van der Waals surface area contributed by atoms with Crippen LogP contribution in [0.5, 0.6) is 0 Å². The standard InChI is InChI=1S/C26H41NO5/c1-15(4-7-22(30)27-14-23(31)32)18-5-6-19-24-20(9-11-26(18,19)3)25(2)10-8-17(28)12-16(25)13-21(24)29/h8-11,15-21,23-24,28-29,31-32H,4-7,12-14H2,1-3H3,(H,27,30)/t15-,16+,17-,18-,19+,20+,21-,24+,25+,26-/m1/s1. The highest BCUT2D eigenvalue weighted by Crippen LogP contribution is 2.65. The smallest absolute Gasteiger partial charge is 0.220 e. The van der Waals surface area contributed by atoms with Gasteiger partial charge in [-0.1, -0.05) is 45.1 Å². The Labute approximate surface area is 191 Å². The van der Waals surface area contributed by atoms with Gasteiger partial charge in [-0.2, -0.15) is 0 Å². The summed E-state index contributed by atoms with van der Waals surface area (Å²) in [6, 6.07) is 0. The number of aliphatic hydroxyl groups excluding tert-OH is 3. The number of carbonyl (C=O) groups excluding carboxylic acids is 1. The zero-order chi connectivity index (χ0) is 23.3. The molecule has 1 amide bonds. The summed E-state index contributed by atoms with van der Waals surface area (Å²) in [6.45, 7) is 6.76. The first kappa shape index (κ1) is 23.9. The van der Waals surface area contributed by atoms with Crippen molar-refractivity contribution in [3.8, 4) is 0 Å². The van der Waals surface area contributed by atoms with Crippen LogP contribution in [0, 0.1) is 46.3 Å². The van der Waals surface area contributed by atoms with Crippen LogP contribution in [-0.2, 0) is 4.79 Å². The zero-order valence-electron chi connectivity index (χ0n) is 19.7. The minimum Gasteiger partial charge on any atom is -0.393 e. The van der Waals surface area contributed by atoms with E-state index in [1.165, 1.54) is 0 Å². The molecule has 180 valence electrons. The second-order valence-electron chi connectivity index (χ2n) is 11.4. The quantitative estimate of drug-likeness (QED) is 0.317. The lowest BCUT2D eigenvalue weighted by Crippen LogP contribution is -2.56. The van der Waals surface area contributed by atoms with Crippen LogP contribution in [0.15, 0.2) is 24.3 Å². The van der Waals surface area contributed by atoms with E-state index in [0.717, 1.165) is 32.1 Å². The van der Waals surface area contributed by atoms with Gasteiger partial charge in [-0.25, -0.2) is 0 Å². The van der Waals surface area contributed by atoms with E-state index in [1.807, 2.05) is 6.08 Å². The largest absolute Gasteiger partial charge is 0.393 e. The third kappa shape index (κ3) is 4.08. The molecule has 32 heavy (non-hydrogen) atoms. The summed E-state index contributed by atoms with van der Waals surface area (Å²) in [7, 11) is 0. The number of amides is 1. The highest BCUT2D eigenvalue weighted by molar-refractivity contribution is 5.75. The average molecular weight is 448 g/mol. The predicted octanol–water partition coefficient (Wildman–Crippen LogP) is 2.37. The van der Waals surface area contributed by atoms with Gasteiger partial charge in [-0.3, -0.25) is 4.79 Å². The van der Waals surface area contributed by atoms with Gasteiger partial charge in [0.15, 0.2) is 6.29 Å². The Morgan fingerprint density at radius 1 is 1.09 bits per heavy atom. The Kier molecular flexibility index (Phi) is 6.63. The molecule has 4 aliphatic carbocycles. The summed E-state index contributed by atoms with van der Waals surface area (Å²) < 4.78 is 0. The monoisotopic (exact) mass is 447 g/mol. The minimum atomic E-state index is -1.52. The minimum absolute atomic E-state index is 0.0139. The van der Waals surface area contributed by atoms with Gasteiger partial charge in [0.1, 0.15) is 0 Å². The lowest BCUT2D eigenvalue weighted by atomic mass is 9.47. The molecule has 0 saturated heterocycles. The van der Waals surface area contributed by atoms with Gasteiger partial charge >= 0.3 is 0 Å². The maximum atomic E-state index is 12.0. The summed E-state index contributed by atoms with van der Waals surface area (Å²) in [4.78, 5) is 12.0. The fourth-order valence-corrected chi connectivity index (χ4v) is 7.94. The summed E-state index contributed by atoms with van der Waals surface area (Å²) in [5.74, 6) is 1.95. The van der Waals surface area contributed by atoms with Crippen LogP contribution in [-0.4, -0.2) is 51.4 Å². The number of hydrogen-bond acceptors (Lipinski definition) is 5. The highest BCUT2D eigenvalue weighted by Gasteiger charge is 2.60. The van der Waals surface area contributed by atoms with Crippen molar-refractivity contribution in [2.24, 2.45) is 46.3 Å². The van der Waals surface area contributed by atoms with Crippen molar-refractivity contribution in [3.05, 3.63) is 24.3 Å². The number of fused-ring (bicyclic) bond motifs is 5. The lowest BCUT2D eigenvalue weighted by molar-refractivity contribution is -0.124. The van der Waals surface area contributed by atoms with Crippen LogP contribution in [0.1, 0.15) is 59.3 Å². The van der Waals surface area contributed by atoms with E-state index in [-0.39, 0.29) is 35.3 Å². The van der Waals surface area contributed by atoms with Crippen molar-refractivity contribution < 1.29 is 25.2 Å². The Hall–Kier alpha value is -1.21. The molecule has 6 heteroatoms. The predicted molar refractivity (Wildman–Crippen MR) is 122 cm³/mol. The van der Waals surface area contributed by atoms with Crippen LogP contribution in [0.3, 0.4) is 0 Å². The normalized spacial score (nSPS) is 45.8. The van der Waals surface area contributed by atoms with Crippen molar-refractivity contribution in [2.75, 3.05) is 6.54 Å². The molecule has 10 atom stereocenters. The molecular formula is C26H41NO5.